The molecule has 12 heteroatoms. The zero-order valence-corrected chi connectivity index (χ0v) is 22.8. The molecular weight excluding hydrogens is 520 g/mol. The van der Waals surface area contributed by atoms with E-state index in [0.29, 0.717) is 36.0 Å². The van der Waals surface area contributed by atoms with Crippen LogP contribution in [0.25, 0.3) is 11.1 Å². The van der Waals surface area contributed by atoms with Crippen LogP contribution in [-0.2, 0) is 15.0 Å². The first-order chi connectivity index (χ1) is 18.8. The molecule has 0 aliphatic carbocycles. The van der Waals surface area contributed by atoms with Gasteiger partial charge in [0.05, 0.1) is 17.9 Å². The van der Waals surface area contributed by atoms with Crippen LogP contribution in [0.15, 0.2) is 42.7 Å². The van der Waals surface area contributed by atoms with E-state index in [9.17, 15) is 13.2 Å². The van der Waals surface area contributed by atoms with Crippen LogP contribution in [0.4, 0.5) is 22.9 Å². The monoisotopic (exact) mass is 550 g/mol. The number of aromatic nitrogens is 2. The highest BCUT2D eigenvalue weighted by molar-refractivity contribution is 7.90. The fraction of sp³-hybridized carbons (Fsp3) is 0.370. The summed E-state index contributed by atoms with van der Waals surface area (Å²) in [5.74, 6) is 1.57. The first kappa shape index (κ1) is 25.4. The first-order valence-corrected chi connectivity index (χ1v) is 14.4. The Balaban J connectivity index is 1.28. The van der Waals surface area contributed by atoms with Crippen LogP contribution in [-0.4, -0.2) is 61.9 Å². The van der Waals surface area contributed by atoms with Gasteiger partial charge in [0.15, 0.2) is 0 Å². The first-order valence-electron chi connectivity index (χ1n) is 13.0. The number of ether oxygens (including phenoxy) is 2. The second-order valence-electron chi connectivity index (χ2n) is 9.97. The molecule has 1 N–H and O–H groups in total. The van der Waals surface area contributed by atoms with E-state index in [-0.39, 0.29) is 24.6 Å². The summed E-state index contributed by atoms with van der Waals surface area (Å²) in [6.07, 6.45) is 5.94. The molecule has 1 saturated heterocycles. The van der Waals surface area contributed by atoms with Gasteiger partial charge in [0.25, 0.3) is 0 Å². The Kier molecular flexibility index (Phi) is 6.31. The molecule has 1 fully saturated rings. The molecule has 1 aromatic carbocycles. The molecule has 0 bridgehead atoms. The van der Waals surface area contributed by atoms with Crippen molar-refractivity contribution in [3.63, 3.8) is 0 Å². The maximum absolute atomic E-state index is 12.9. The minimum Gasteiger partial charge on any atom is -0.485 e. The van der Waals surface area contributed by atoms with E-state index in [4.69, 9.17) is 9.47 Å². The predicted molar refractivity (Wildman–Crippen MR) is 148 cm³/mol. The Hall–Kier alpha value is -3.90. The van der Waals surface area contributed by atoms with Gasteiger partial charge in [0.2, 0.25) is 12.3 Å². The van der Waals surface area contributed by atoms with Gasteiger partial charge in [-0.3, -0.25) is 4.79 Å². The lowest BCUT2D eigenvalue weighted by molar-refractivity contribution is -0.107. The van der Waals surface area contributed by atoms with Crippen molar-refractivity contribution in [3.05, 3.63) is 48.3 Å². The van der Waals surface area contributed by atoms with Gasteiger partial charge < -0.3 is 19.7 Å². The zero-order chi connectivity index (χ0) is 27.3. The van der Waals surface area contributed by atoms with Crippen molar-refractivity contribution < 1.29 is 22.7 Å². The van der Waals surface area contributed by atoms with Crippen molar-refractivity contribution >= 4 is 39.5 Å². The number of hydrogen-bond acceptors (Lipinski definition) is 8. The van der Waals surface area contributed by atoms with Gasteiger partial charge in [-0.25, -0.2) is 14.3 Å². The third-order valence-electron chi connectivity index (χ3n) is 7.34. The minimum atomic E-state index is -3.63. The number of fused-ring (bicyclic) bond motifs is 6. The Morgan fingerprint density at radius 2 is 2.03 bits per heavy atom. The normalized spacial score (nSPS) is 20.5. The molecule has 11 nitrogen and oxygen atoms in total. The summed E-state index contributed by atoms with van der Waals surface area (Å²) in [5.41, 5.74) is 4.63. The Morgan fingerprint density at radius 1 is 1.18 bits per heavy atom. The average Bonchev–Trinajstić information content (AvgIpc) is 3.17. The molecule has 2 atom stereocenters. The molecule has 0 radical (unpaired) electrons. The summed E-state index contributed by atoms with van der Waals surface area (Å²) in [5, 5.41) is 3.25. The average molecular weight is 551 g/mol. The van der Waals surface area contributed by atoms with Crippen molar-refractivity contribution in [3.8, 4) is 22.8 Å². The molecule has 3 aliphatic rings. The standard InChI is InChI=1S/C27H30N6O5S/c1-4-5-8-32(16-34)19-6-7-21-23-13-28-26(11-22(23)17(2)38-25(21)10-19)30-18-9-24-27(29-12-18)37-15-20-14-31(3)39(35,36)33(20)24/h6-7,9-13,16-17,20H,4-5,8,14-15H2,1-3H3,(H,28,30). The Labute approximate surface area is 227 Å². The topological polar surface area (TPSA) is 117 Å². The number of unbranched alkanes of at least 4 members (excludes halogenated alkanes) is 1. The van der Waals surface area contributed by atoms with E-state index in [1.54, 1.807) is 30.4 Å². The van der Waals surface area contributed by atoms with Gasteiger partial charge >= 0.3 is 10.2 Å². The Morgan fingerprint density at radius 3 is 2.82 bits per heavy atom. The molecular formula is C27H30N6O5S. The van der Waals surface area contributed by atoms with Crippen LogP contribution in [0.3, 0.4) is 0 Å². The lowest BCUT2D eigenvalue weighted by Crippen LogP contribution is -2.42. The molecule has 0 spiro atoms. The number of anilines is 4. The number of rotatable bonds is 7. The number of pyridine rings is 2. The third-order valence-corrected chi connectivity index (χ3v) is 9.27. The second kappa shape index (κ2) is 9.69. The molecule has 1 amide bonds. The van der Waals surface area contributed by atoms with Crippen molar-refractivity contribution in [2.75, 3.05) is 41.3 Å². The molecule has 0 saturated carbocycles. The van der Waals surface area contributed by atoms with E-state index in [1.165, 1.54) is 8.61 Å². The maximum atomic E-state index is 12.9. The molecule has 6 rings (SSSR count). The minimum absolute atomic E-state index is 0.243. The van der Waals surface area contributed by atoms with Gasteiger partial charge in [-0.05, 0) is 37.6 Å². The van der Waals surface area contributed by atoms with Crippen molar-refractivity contribution in [2.45, 2.75) is 38.8 Å². The van der Waals surface area contributed by atoms with E-state index in [1.807, 2.05) is 31.2 Å². The maximum Gasteiger partial charge on any atom is 0.304 e. The molecule has 5 heterocycles. The number of hydrogen-bond donors (Lipinski definition) is 1. The van der Waals surface area contributed by atoms with Crippen LogP contribution in [0, 0.1) is 0 Å². The molecule has 3 aromatic rings. The number of nitrogens with one attached hydrogen (secondary N) is 1. The van der Waals surface area contributed by atoms with Crippen LogP contribution < -0.4 is 24.0 Å². The summed E-state index contributed by atoms with van der Waals surface area (Å²) in [7, 11) is -2.07. The van der Waals surface area contributed by atoms with Crippen molar-refractivity contribution in [1.82, 2.24) is 14.3 Å². The van der Waals surface area contributed by atoms with Gasteiger partial charge in [-0.2, -0.15) is 12.7 Å². The molecule has 2 aromatic heterocycles. The van der Waals surface area contributed by atoms with Crippen LogP contribution in [0.2, 0.25) is 0 Å². The summed E-state index contributed by atoms with van der Waals surface area (Å²) in [4.78, 5) is 22.3. The molecule has 2 unspecified atom stereocenters. The molecule has 3 aliphatic heterocycles. The van der Waals surface area contributed by atoms with E-state index in [2.05, 4.69) is 22.2 Å². The largest absolute Gasteiger partial charge is 0.485 e. The van der Waals surface area contributed by atoms with Gasteiger partial charge in [0, 0.05) is 54.8 Å². The van der Waals surface area contributed by atoms with Crippen molar-refractivity contribution in [2.24, 2.45) is 0 Å². The summed E-state index contributed by atoms with van der Waals surface area (Å²) in [6, 6.07) is 9.15. The highest BCUT2D eigenvalue weighted by Crippen LogP contribution is 2.45. The fourth-order valence-electron chi connectivity index (χ4n) is 5.28. The fourth-order valence-corrected chi connectivity index (χ4v) is 6.83. The van der Waals surface area contributed by atoms with E-state index < -0.39 is 10.2 Å². The van der Waals surface area contributed by atoms with Gasteiger partial charge in [-0.1, -0.05) is 13.3 Å². The smallest absolute Gasteiger partial charge is 0.304 e. The SMILES string of the molecule is CCCCN(C=O)c1ccc2c(c1)OC(C)c1cc(Nc3cnc4c(c3)N3C(CO4)CN(C)S3(=O)=O)ncc1-2. The molecule has 39 heavy (non-hydrogen) atoms. The predicted octanol–water partition coefficient (Wildman–Crippen LogP) is 3.86. The van der Waals surface area contributed by atoms with Crippen LogP contribution in [0.5, 0.6) is 11.6 Å². The lowest BCUT2D eigenvalue weighted by atomic mass is 9.94. The highest BCUT2D eigenvalue weighted by atomic mass is 32.2. The highest BCUT2D eigenvalue weighted by Gasteiger charge is 2.46. The number of carbonyl (C=O) groups is 1. The van der Waals surface area contributed by atoms with Crippen LogP contribution >= 0.6 is 0 Å². The zero-order valence-electron chi connectivity index (χ0n) is 22.0. The molecule has 204 valence electrons. The summed E-state index contributed by atoms with van der Waals surface area (Å²) >= 11 is 0. The Bertz CT molecular complexity index is 1550. The third kappa shape index (κ3) is 4.33. The van der Waals surface area contributed by atoms with E-state index in [0.717, 1.165) is 41.6 Å². The summed E-state index contributed by atoms with van der Waals surface area (Å²) in [6.45, 7) is 5.34. The second-order valence-corrected chi connectivity index (χ2v) is 11.9. The number of likely N-dealkylation sites (N-methyl/N-ethyl adjacent to an activating group) is 1. The van der Waals surface area contributed by atoms with Crippen molar-refractivity contribution in [1.29, 1.82) is 0 Å². The quantitative estimate of drug-likeness (QED) is 0.441. The number of benzene rings is 1. The van der Waals surface area contributed by atoms with Crippen LogP contribution in [0.1, 0.15) is 38.4 Å². The lowest BCUT2D eigenvalue weighted by Gasteiger charge is -2.30. The number of amides is 1. The van der Waals surface area contributed by atoms with E-state index >= 15 is 0 Å². The van der Waals surface area contributed by atoms with Gasteiger partial charge in [-0.15, -0.1) is 0 Å². The van der Waals surface area contributed by atoms with Gasteiger partial charge in [0.1, 0.15) is 30.0 Å². The number of nitrogens with zero attached hydrogens (tertiary/aromatic N) is 5. The summed E-state index contributed by atoms with van der Waals surface area (Å²) < 4.78 is 40.5. The number of carbonyl (C=O) groups excluding carboxylic acids is 1.